The first-order valence-corrected chi connectivity index (χ1v) is 6.02. The summed E-state index contributed by atoms with van der Waals surface area (Å²) in [7, 11) is 0. The van der Waals surface area contributed by atoms with Crippen molar-refractivity contribution in [1.29, 1.82) is 0 Å². The summed E-state index contributed by atoms with van der Waals surface area (Å²) in [6.45, 7) is 10.0. The van der Waals surface area contributed by atoms with Crippen LogP contribution in [0.15, 0.2) is 36.0 Å². The first-order valence-electron chi connectivity index (χ1n) is 6.02. The maximum absolute atomic E-state index is 11.7. The molecule has 0 amide bonds. The molecule has 1 heteroatoms. The topological polar surface area (TPSA) is 17.1 Å². The van der Waals surface area contributed by atoms with Crippen molar-refractivity contribution in [3.8, 4) is 0 Å². The molecule has 1 aliphatic rings. The second-order valence-corrected chi connectivity index (χ2v) is 5.09. The second kappa shape index (κ2) is 5.83. The van der Waals surface area contributed by atoms with Crippen molar-refractivity contribution in [1.82, 2.24) is 0 Å². The lowest BCUT2D eigenvalue weighted by Crippen LogP contribution is -2.15. The summed E-state index contributed by atoms with van der Waals surface area (Å²) in [6, 6.07) is 0. The third kappa shape index (κ3) is 4.18. The van der Waals surface area contributed by atoms with Crippen LogP contribution in [0.25, 0.3) is 0 Å². The molecule has 1 aliphatic carbocycles. The molecule has 1 nitrogen and oxygen atoms in total. The lowest BCUT2D eigenvalue weighted by atomic mass is 9.82. The second-order valence-electron chi connectivity index (χ2n) is 5.09. The number of allylic oxidation sites excluding steroid dienone is 5. The minimum absolute atomic E-state index is 0.255. The molecule has 16 heavy (non-hydrogen) atoms. The van der Waals surface area contributed by atoms with Gasteiger partial charge >= 0.3 is 0 Å². The van der Waals surface area contributed by atoms with Crippen molar-refractivity contribution in [2.24, 2.45) is 11.8 Å². The van der Waals surface area contributed by atoms with Crippen LogP contribution in [0, 0.1) is 11.8 Å². The quantitative estimate of drug-likeness (QED) is 0.650. The van der Waals surface area contributed by atoms with Crippen molar-refractivity contribution in [3.05, 3.63) is 36.0 Å². The van der Waals surface area contributed by atoms with Gasteiger partial charge in [0.1, 0.15) is 0 Å². The van der Waals surface area contributed by atoms with Crippen molar-refractivity contribution in [2.45, 2.75) is 40.0 Å². The molecule has 2 atom stereocenters. The summed E-state index contributed by atoms with van der Waals surface area (Å²) in [5, 5.41) is 0. The number of hydrogen-bond acceptors (Lipinski definition) is 1. The molecule has 88 valence electrons. The Hall–Kier alpha value is -1.11. The molecule has 0 aromatic rings. The van der Waals surface area contributed by atoms with Gasteiger partial charge in [-0.1, -0.05) is 36.8 Å². The van der Waals surface area contributed by atoms with Gasteiger partial charge in [-0.15, -0.1) is 0 Å². The molecule has 0 aromatic carbocycles. The summed E-state index contributed by atoms with van der Waals surface area (Å²) in [6.07, 6.45) is 8.94. The van der Waals surface area contributed by atoms with E-state index in [4.69, 9.17) is 0 Å². The molecule has 0 bridgehead atoms. The zero-order chi connectivity index (χ0) is 12.1. The predicted molar refractivity (Wildman–Crippen MR) is 69.2 cm³/mol. The van der Waals surface area contributed by atoms with E-state index in [1.54, 1.807) is 6.08 Å². The molecule has 0 N–H and O–H groups in total. The Kier molecular flexibility index (Phi) is 4.72. The van der Waals surface area contributed by atoms with Crippen molar-refractivity contribution < 1.29 is 4.79 Å². The Morgan fingerprint density at radius 3 is 2.81 bits per heavy atom. The standard InChI is InChI=1S/C15H22O/c1-11(2)9-15(16)10-13(4)14-7-5-12(3)6-8-14/h5,7,9,13-14H,3,6,8,10H2,1-2,4H3/t13-,14+/m0/s1. The van der Waals surface area contributed by atoms with Crippen LogP contribution in [-0.4, -0.2) is 5.78 Å². The van der Waals surface area contributed by atoms with E-state index in [2.05, 4.69) is 25.7 Å². The molecule has 0 radical (unpaired) electrons. The van der Waals surface area contributed by atoms with Crippen molar-refractivity contribution >= 4 is 5.78 Å². The summed E-state index contributed by atoms with van der Waals surface area (Å²) in [5.41, 5.74) is 2.30. The molecule has 0 aliphatic heterocycles. The first-order chi connectivity index (χ1) is 7.49. The van der Waals surface area contributed by atoms with Gasteiger partial charge in [0, 0.05) is 6.42 Å². The Morgan fingerprint density at radius 2 is 2.31 bits per heavy atom. The van der Waals surface area contributed by atoms with Gasteiger partial charge in [-0.05, 0) is 44.6 Å². The third-order valence-electron chi connectivity index (χ3n) is 3.08. The van der Waals surface area contributed by atoms with Crippen LogP contribution in [0.5, 0.6) is 0 Å². The van der Waals surface area contributed by atoms with Crippen LogP contribution >= 0.6 is 0 Å². The predicted octanol–water partition coefficient (Wildman–Crippen LogP) is 4.07. The first kappa shape index (κ1) is 13.0. The van der Waals surface area contributed by atoms with E-state index in [0.29, 0.717) is 18.3 Å². The van der Waals surface area contributed by atoms with E-state index in [1.165, 1.54) is 5.57 Å². The molecular formula is C15H22O. The van der Waals surface area contributed by atoms with Crippen LogP contribution < -0.4 is 0 Å². The highest BCUT2D eigenvalue weighted by Crippen LogP contribution is 2.28. The molecule has 0 unspecified atom stereocenters. The molecule has 0 spiro atoms. The molecule has 0 saturated heterocycles. The van der Waals surface area contributed by atoms with Crippen LogP contribution in [0.1, 0.15) is 40.0 Å². The molecule has 0 heterocycles. The van der Waals surface area contributed by atoms with E-state index < -0.39 is 0 Å². The Morgan fingerprint density at radius 1 is 1.62 bits per heavy atom. The zero-order valence-corrected chi connectivity index (χ0v) is 10.6. The van der Waals surface area contributed by atoms with E-state index in [0.717, 1.165) is 18.4 Å². The fraction of sp³-hybridized carbons (Fsp3) is 0.533. The van der Waals surface area contributed by atoms with Gasteiger partial charge in [0.05, 0.1) is 0 Å². The Labute approximate surface area is 98.9 Å². The number of carbonyl (C=O) groups is 1. The van der Waals surface area contributed by atoms with Gasteiger partial charge in [0.2, 0.25) is 0 Å². The largest absolute Gasteiger partial charge is 0.295 e. The van der Waals surface area contributed by atoms with Gasteiger partial charge in [-0.2, -0.15) is 0 Å². The summed E-state index contributed by atoms with van der Waals surface area (Å²) in [4.78, 5) is 11.7. The van der Waals surface area contributed by atoms with E-state index >= 15 is 0 Å². The summed E-state index contributed by atoms with van der Waals surface area (Å²) in [5.74, 6) is 1.23. The van der Waals surface area contributed by atoms with Crippen LogP contribution in [-0.2, 0) is 4.79 Å². The maximum atomic E-state index is 11.7. The van der Waals surface area contributed by atoms with Gasteiger partial charge < -0.3 is 0 Å². The number of hydrogen-bond donors (Lipinski definition) is 0. The monoisotopic (exact) mass is 218 g/mol. The van der Waals surface area contributed by atoms with Gasteiger partial charge in [0.15, 0.2) is 5.78 Å². The number of carbonyl (C=O) groups excluding carboxylic acids is 1. The zero-order valence-electron chi connectivity index (χ0n) is 10.6. The lowest BCUT2D eigenvalue weighted by molar-refractivity contribution is -0.115. The van der Waals surface area contributed by atoms with Gasteiger partial charge in [-0.25, -0.2) is 0 Å². The average Bonchev–Trinajstić information content (AvgIpc) is 2.16. The molecule has 0 aromatic heterocycles. The molecule has 0 saturated carbocycles. The minimum Gasteiger partial charge on any atom is -0.295 e. The molecule has 1 rings (SSSR count). The fourth-order valence-corrected chi connectivity index (χ4v) is 2.12. The number of ketones is 1. The van der Waals surface area contributed by atoms with E-state index in [-0.39, 0.29) is 5.78 Å². The minimum atomic E-state index is 0.255. The molecule has 0 fully saturated rings. The van der Waals surface area contributed by atoms with Crippen LogP contribution in [0.4, 0.5) is 0 Å². The van der Waals surface area contributed by atoms with E-state index in [9.17, 15) is 4.79 Å². The highest BCUT2D eigenvalue weighted by Gasteiger charge is 2.19. The SMILES string of the molecule is C=C1C=C[C@@H]([C@@H](C)CC(=O)C=C(C)C)CC1. The maximum Gasteiger partial charge on any atom is 0.155 e. The normalized spacial score (nSPS) is 21.7. The summed E-state index contributed by atoms with van der Waals surface area (Å²) >= 11 is 0. The Bertz CT molecular complexity index is 329. The van der Waals surface area contributed by atoms with E-state index in [1.807, 2.05) is 13.8 Å². The fourth-order valence-electron chi connectivity index (χ4n) is 2.12. The van der Waals surface area contributed by atoms with Gasteiger partial charge in [-0.3, -0.25) is 4.79 Å². The average molecular weight is 218 g/mol. The highest BCUT2D eigenvalue weighted by molar-refractivity contribution is 5.90. The highest BCUT2D eigenvalue weighted by atomic mass is 16.1. The third-order valence-corrected chi connectivity index (χ3v) is 3.08. The van der Waals surface area contributed by atoms with Gasteiger partial charge in [0.25, 0.3) is 0 Å². The van der Waals surface area contributed by atoms with Crippen LogP contribution in [0.3, 0.4) is 0 Å². The van der Waals surface area contributed by atoms with Crippen molar-refractivity contribution in [3.63, 3.8) is 0 Å². The Balaban J connectivity index is 2.50. The lowest BCUT2D eigenvalue weighted by Gasteiger charge is -2.23. The summed E-state index contributed by atoms with van der Waals surface area (Å²) < 4.78 is 0. The number of rotatable bonds is 4. The van der Waals surface area contributed by atoms with Crippen LogP contribution in [0.2, 0.25) is 0 Å². The smallest absolute Gasteiger partial charge is 0.155 e. The van der Waals surface area contributed by atoms with Crippen molar-refractivity contribution in [2.75, 3.05) is 0 Å². The molecular weight excluding hydrogens is 196 g/mol.